The highest BCUT2D eigenvalue weighted by molar-refractivity contribution is 5.95. The first-order chi connectivity index (χ1) is 7.56. The molecule has 0 spiro atoms. The van der Waals surface area contributed by atoms with E-state index in [1.807, 2.05) is 0 Å². The molecule has 0 bridgehead atoms. The summed E-state index contributed by atoms with van der Waals surface area (Å²) in [7, 11) is 1.66. The molecule has 1 amide bonds. The molecule has 86 valence electrons. The minimum atomic E-state index is -1.09. The molecule has 0 aliphatic rings. The quantitative estimate of drug-likeness (QED) is 0.697. The van der Waals surface area contributed by atoms with Gasteiger partial charge in [-0.3, -0.25) is 4.79 Å². The normalized spacial score (nSPS) is 11.8. The molecular formula is C10H13N3O3. The smallest absolute Gasteiger partial charge is 0.326 e. The molecule has 1 aromatic rings. The Kier molecular flexibility index (Phi) is 3.82. The van der Waals surface area contributed by atoms with Gasteiger partial charge < -0.3 is 15.0 Å². The van der Waals surface area contributed by atoms with Gasteiger partial charge in [-0.2, -0.15) is 0 Å². The number of carbonyl (C=O) groups is 2. The third-order valence-corrected chi connectivity index (χ3v) is 2.06. The predicted molar refractivity (Wildman–Crippen MR) is 56.9 cm³/mol. The molecule has 1 heterocycles. The van der Waals surface area contributed by atoms with Crippen LogP contribution in [0.4, 0.5) is 0 Å². The summed E-state index contributed by atoms with van der Waals surface area (Å²) < 4.78 is 1.52. The Balaban J connectivity index is 2.72. The van der Waals surface area contributed by atoms with Crippen LogP contribution in [0.15, 0.2) is 25.2 Å². The van der Waals surface area contributed by atoms with Crippen molar-refractivity contribution in [3.63, 3.8) is 0 Å². The lowest BCUT2D eigenvalue weighted by molar-refractivity contribution is -0.139. The first-order valence-electron chi connectivity index (χ1n) is 4.67. The van der Waals surface area contributed by atoms with Crippen LogP contribution in [0.2, 0.25) is 0 Å². The van der Waals surface area contributed by atoms with Crippen LogP contribution in [0.5, 0.6) is 0 Å². The summed E-state index contributed by atoms with van der Waals surface area (Å²) in [6.07, 6.45) is 4.47. The van der Waals surface area contributed by atoms with Crippen LogP contribution in [-0.4, -0.2) is 32.6 Å². The van der Waals surface area contributed by atoms with Crippen molar-refractivity contribution in [3.05, 3.63) is 30.9 Å². The lowest BCUT2D eigenvalue weighted by atomic mass is 10.2. The van der Waals surface area contributed by atoms with E-state index in [4.69, 9.17) is 5.11 Å². The fourth-order valence-corrected chi connectivity index (χ4v) is 1.20. The average Bonchev–Trinajstić information content (AvgIpc) is 2.63. The molecule has 0 aliphatic carbocycles. The van der Waals surface area contributed by atoms with Crippen molar-refractivity contribution in [2.75, 3.05) is 0 Å². The number of hydrogen-bond acceptors (Lipinski definition) is 3. The first kappa shape index (κ1) is 12.0. The minimum Gasteiger partial charge on any atom is -0.480 e. The molecule has 0 saturated carbocycles. The lowest BCUT2D eigenvalue weighted by Gasteiger charge is -2.12. The average molecular weight is 223 g/mol. The van der Waals surface area contributed by atoms with E-state index in [1.54, 1.807) is 7.05 Å². The van der Waals surface area contributed by atoms with E-state index in [2.05, 4.69) is 16.9 Å². The summed E-state index contributed by atoms with van der Waals surface area (Å²) in [5, 5.41) is 11.2. The van der Waals surface area contributed by atoms with E-state index in [1.165, 1.54) is 23.2 Å². The zero-order chi connectivity index (χ0) is 12.1. The van der Waals surface area contributed by atoms with Crippen molar-refractivity contribution in [3.8, 4) is 0 Å². The largest absolute Gasteiger partial charge is 0.480 e. The van der Waals surface area contributed by atoms with E-state index >= 15 is 0 Å². The number of carboxylic acid groups (broad SMARTS) is 1. The molecule has 0 aliphatic heterocycles. The SMILES string of the molecule is C=CCC(NC(=O)c1cncn1C)C(=O)O. The van der Waals surface area contributed by atoms with E-state index < -0.39 is 17.9 Å². The van der Waals surface area contributed by atoms with E-state index in [-0.39, 0.29) is 6.42 Å². The summed E-state index contributed by atoms with van der Waals surface area (Å²) in [6.45, 7) is 3.44. The van der Waals surface area contributed by atoms with Crippen LogP contribution in [0.25, 0.3) is 0 Å². The summed E-state index contributed by atoms with van der Waals surface area (Å²) >= 11 is 0. The van der Waals surface area contributed by atoms with Gasteiger partial charge in [0.2, 0.25) is 0 Å². The number of amides is 1. The molecule has 1 rings (SSSR count). The second-order valence-corrected chi connectivity index (χ2v) is 3.28. The highest BCUT2D eigenvalue weighted by Gasteiger charge is 2.20. The maximum absolute atomic E-state index is 11.6. The predicted octanol–water partition coefficient (Wildman–Crippen LogP) is 0.179. The summed E-state index contributed by atoms with van der Waals surface area (Å²) in [6, 6.07) is -0.958. The molecule has 6 heteroatoms. The van der Waals surface area contributed by atoms with Gasteiger partial charge in [-0.15, -0.1) is 6.58 Å². The van der Waals surface area contributed by atoms with Crippen LogP contribution in [0, 0.1) is 0 Å². The zero-order valence-electron chi connectivity index (χ0n) is 8.88. The summed E-state index contributed by atoms with van der Waals surface area (Å²) in [4.78, 5) is 26.2. The van der Waals surface area contributed by atoms with Crippen molar-refractivity contribution < 1.29 is 14.7 Å². The van der Waals surface area contributed by atoms with Crippen molar-refractivity contribution in [1.29, 1.82) is 0 Å². The molecule has 2 N–H and O–H groups in total. The van der Waals surface area contributed by atoms with Gasteiger partial charge in [0, 0.05) is 7.05 Å². The molecule has 16 heavy (non-hydrogen) atoms. The maximum Gasteiger partial charge on any atom is 0.326 e. The fraction of sp³-hybridized carbons (Fsp3) is 0.300. The van der Waals surface area contributed by atoms with Crippen LogP contribution in [0.3, 0.4) is 0 Å². The molecule has 1 atom stereocenters. The number of nitrogens with one attached hydrogen (secondary N) is 1. The molecule has 6 nitrogen and oxygen atoms in total. The summed E-state index contributed by atoms with van der Waals surface area (Å²) in [5.41, 5.74) is 0.315. The molecule has 1 unspecified atom stereocenters. The standard InChI is InChI=1S/C10H13N3O3/c1-3-4-7(10(15)16)12-9(14)8-5-11-6-13(8)2/h3,5-7H,1,4H2,2H3,(H,12,14)(H,15,16). The number of aryl methyl sites for hydroxylation is 1. The second-order valence-electron chi connectivity index (χ2n) is 3.28. The third kappa shape index (κ3) is 2.69. The number of carbonyl (C=O) groups excluding carboxylic acids is 1. The maximum atomic E-state index is 11.6. The molecule has 1 aromatic heterocycles. The van der Waals surface area contributed by atoms with Gasteiger partial charge in [-0.25, -0.2) is 9.78 Å². The van der Waals surface area contributed by atoms with Crippen LogP contribution >= 0.6 is 0 Å². The fourth-order valence-electron chi connectivity index (χ4n) is 1.20. The number of hydrogen-bond donors (Lipinski definition) is 2. The zero-order valence-corrected chi connectivity index (χ0v) is 8.88. The van der Waals surface area contributed by atoms with Crippen molar-refractivity contribution in [1.82, 2.24) is 14.9 Å². The van der Waals surface area contributed by atoms with Gasteiger partial charge in [0.15, 0.2) is 0 Å². The Morgan fingerprint density at radius 2 is 2.44 bits per heavy atom. The minimum absolute atomic E-state index is 0.179. The molecule has 0 radical (unpaired) electrons. The van der Waals surface area contributed by atoms with Gasteiger partial charge in [0.25, 0.3) is 5.91 Å². The van der Waals surface area contributed by atoms with Crippen molar-refractivity contribution in [2.24, 2.45) is 7.05 Å². The van der Waals surface area contributed by atoms with E-state index in [0.29, 0.717) is 5.69 Å². The topological polar surface area (TPSA) is 84.2 Å². The Morgan fingerprint density at radius 1 is 1.75 bits per heavy atom. The van der Waals surface area contributed by atoms with Gasteiger partial charge in [-0.05, 0) is 6.42 Å². The van der Waals surface area contributed by atoms with E-state index in [9.17, 15) is 9.59 Å². The molecule has 0 saturated heterocycles. The Hall–Kier alpha value is -2.11. The molecule has 0 aromatic carbocycles. The summed E-state index contributed by atoms with van der Waals surface area (Å²) in [5.74, 6) is -1.55. The van der Waals surface area contributed by atoms with Crippen molar-refractivity contribution in [2.45, 2.75) is 12.5 Å². The Morgan fingerprint density at radius 3 is 2.88 bits per heavy atom. The Bertz CT molecular complexity index is 411. The number of rotatable bonds is 5. The highest BCUT2D eigenvalue weighted by atomic mass is 16.4. The number of aliphatic carboxylic acids is 1. The lowest BCUT2D eigenvalue weighted by Crippen LogP contribution is -2.41. The third-order valence-electron chi connectivity index (χ3n) is 2.06. The number of nitrogens with zero attached hydrogens (tertiary/aromatic N) is 2. The van der Waals surface area contributed by atoms with Crippen LogP contribution in [-0.2, 0) is 11.8 Å². The van der Waals surface area contributed by atoms with Gasteiger partial charge in [0.1, 0.15) is 11.7 Å². The first-order valence-corrected chi connectivity index (χ1v) is 4.67. The van der Waals surface area contributed by atoms with Gasteiger partial charge >= 0.3 is 5.97 Å². The van der Waals surface area contributed by atoms with Gasteiger partial charge in [-0.1, -0.05) is 6.08 Å². The Labute approximate surface area is 92.6 Å². The molecular weight excluding hydrogens is 210 g/mol. The van der Waals surface area contributed by atoms with E-state index in [0.717, 1.165) is 0 Å². The number of aromatic nitrogens is 2. The van der Waals surface area contributed by atoms with Crippen molar-refractivity contribution >= 4 is 11.9 Å². The highest BCUT2D eigenvalue weighted by Crippen LogP contribution is 1.99. The van der Waals surface area contributed by atoms with Gasteiger partial charge in [0.05, 0.1) is 12.5 Å². The second kappa shape index (κ2) is 5.11. The van der Waals surface area contributed by atoms with Crippen LogP contribution in [0.1, 0.15) is 16.9 Å². The molecule has 0 fully saturated rings. The van der Waals surface area contributed by atoms with Crippen LogP contribution < -0.4 is 5.32 Å². The number of imidazole rings is 1. The monoisotopic (exact) mass is 223 g/mol. The number of carboxylic acids is 1.